The molecule has 0 aliphatic carbocycles. The van der Waals surface area contributed by atoms with E-state index >= 15 is 0 Å². The number of pyridine rings is 2. The number of carbonyl (C=O) groups excluding carboxylic acids is 1. The molecule has 2 heterocycles. The SMILES string of the molecule is COc1cncc(C(=O)c2ccncc2F)c1. The van der Waals surface area contributed by atoms with E-state index in [1.165, 1.54) is 37.8 Å². The molecule has 0 aliphatic heterocycles. The van der Waals surface area contributed by atoms with Crippen molar-refractivity contribution in [3.8, 4) is 5.75 Å². The maximum absolute atomic E-state index is 13.4. The van der Waals surface area contributed by atoms with Crippen LogP contribution in [-0.2, 0) is 0 Å². The predicted molar refractivity (Wildman–Crippen MR) is 58.4 cm³/mol. The monoisotopic (exact) mass is 232 g/mol. The molecule has 0 atom stereocenters. The zero-order chi connectivity index (χ0) is 12.3. The molecule has 17 heavy (non-hydrogen) atoms. The summed E-state index contributed by atoms with van der Waals surface area (Å²) in [6.07, 6.45) is 5.20. The van der Waals surface area contributed by atoms with E-state index in [1.807, 2.05) is 0 Å². The number of nitrogens with zero attached hydrogens (tertiary/aromatic N) is 2. The fourth-order valence-electron chi connectivity index (χ4n) is 1.37. The Hall–Kier alpha value is -2.30. The van der Waals surface area contributed by atoms with Crippen molar-refractivity contribution in [2.45, 2.75) is 0 Å². The molecule has 0 saturated heterocycles. The van der Waals surface area contributed by atoms with Gasteiger partial charge in [-0.25, -0.2) is 4.39 Å². The smallest absolute Gasteiger partial charge is 0.197 e. The molecule has 0 unspecified atom stereocenters. The Bertz CT molecular complexity index is 558. The van der Waals surface area contributed by atoms with Gasteiger partial charge in [0.25, 0.3) is 0 Å². The van der Waals surface area contributed by atoms with Crippen LogP contribution in [0.4, 0.5) is 4.39 Å². The van der Waals surface area contributed by atoms with E-state index < -0.39 is 11.6 Å². The van der Waals surface area contributed by atoms with Gasteiger partial charge in [-0.2, -0.15) is 0 Å². The highest BCUT2D eigenvalue weighted by molar-refractivity contribution is 6.09. The average molecular weight is 232 g/mol. The largest absolute Gasteiger partial charge is 0.495 e. The molecule has 86 valence electrons. The van der Waals surface area contributed by atoms with Crippen LogP contribution in [0, 0.1) is 5.82 Å². The summed E-state index contributed by atoms with van der Waals surface area (Å²) in [4.78, 5) is 19.4. The Morgan fingerprint density at radius 3 is 2.82 bits per heavy atom. The third kappa shape index (κ3) is 2.28. The summed E-state index contributed by atoms with van der Waals surface area (Å²) in [5.74, 6) is -0.651. The molecular formula is C12H9FN2O2. The lowest BCUT2D eigenvalue weighted by atomic mass is 10.1. The molecule has 0 aromatic carbocycles. The predicted octanol–water partition coefficient (Wildman–Crippen LogP) is 1.86. The third-order valence-electron chi connectivity index (χ3n) is 2.23. The number of aromatic nitrogens is 2. The number of carbonyl (C=O) groups is 1. The Kier molecular flexibility index (Phi) is 3.09. The van der Waals surface area contributed by atoms with E-state index in [1.54, 1.807) is 0 Å². The molecule has 0 N–H and O–H groups in total. The van der Waals surface area contributed by atoms with Gasteiger partial charge < -0.3 is 4.74 Å². The van der Waals surface area contributed by atoms with Crippen LogP contribution in [0.3, 0.4) is 0 Å². The van der Waals surface area contributed by atoms with E-state index in [0.717, 1.165) is 6.20 Å². The normalized spacial score (nSPS) is 10.0. The highest BCUT2D eigenvalue weighted by Crippen LogP contribution is 2.15. The van der Waals surface area contributed by atoms with Crippen molar-refractivity contribution in [2.24, 2.45) is 0 Å². The van der Waals surface area contributed by atoms with Gasteiger partial charge in [0.05, 0.1) is 25.1 Å². The van der Waals surface area contributed by atoms with Crippen molar-refractivity contribution >= 4 is 5.78 Å². The Balaban J connectivity index is 2.40. The zero-order valence-corrected chi connectivity index (χ0v) is 9.05. The molecule has 0 bridgehead atoms. The minimum atomic E-state index is -0.652. The van der Waals surface area contributed by atoms with E-state index in [4.69, 9.17) is 4.74 Å². The van der Waals surface area contributed by atoms with E-state index in [-0.39, 0.29) is 11.1 Å². The second-order valence-electron chi connectivity index (χ2n) is 3.30. The maximum atomic E-state index is 13.4. The molecular weight excluding hydrogens is 223 g/mol. The van der Waals surface area contributed by atoms with Crippen molar-refractivity contribution in [2.75, 3.05) is 7.11 Å². The van der Waals surface area contributed by atoms with Gasteiger partial charge in [0.2, 0.25) is 0 Å². The summed E-state index contributed by atoms with van der Waals surface area (Å²) in [6.45, 7) is 0. The fourth-order valence-corrected chi connectivity index (χ4v) is 1.37. The van der Waals surface area contributed by atoms with Crippen molar-refractivity contribution in [3.63, 3.8) is 0 Å². The van der Waals surface area contributed by atoms with Crippen LogP contribution in [0.2, 0.25) is 0 Å². The molecule has 0 spiro atoms. The van der Waals surface area contributed by atoms with Gasteiger partial charge in [0.1, 0.15) is 5.75 Å². The molecule has 0 radical (unpaired) electrons. The second kappa shape index (κ2) is 4.69. The lowest BCUT2D eigenvalue weighted by molar-refractivity contribution is 0.103. The minimum Gasteiger partial charge on any atom is -0.495 e. The molecule has 0 aliphatic rings. The maximum Gasteiger partial charge on any atom is 0.197 e. The van der Waals surface area contributed by atoms with Gasteiger partial charge >= 0.3 is 0 Å². The zero-order valence-electron chi connectivity index (χ0n) is 9.05. The third-order valence-corrected chi connectivity index (χ3v) is 2.23. The van der Waals surface area contributed by atoms with Gasteiger partial charge in [0, 0.05) is 18.0 Å². The molecule has 5 heteroatoms. The van der Waals surface area contributed by atoms with Gasteiger partial charge in [0.15, 0.2) is 11.6 Å². The van der Waals surface area contributed by atoms with Crippen LogP contribution < -0.4 is 4.74 Å². The van der Waals surface area contributed by atoms with E-state index in [0.29, 0.717) is 5.75 Å². The Labute approximate surface area is 97.1 Å². The molecule has 0 saturated carbocycles. The first-order valence-corrected chi connectivity index (χ1v) is 4.85. The summed E-state index contributed by atoms with van der Waals surface area (Å²) in [7, 11) is 1.47. The van der Waals surface area contributed by atoms with Crippen LogP contribution in [0.15, 0.2) is 36.9 Å². The molecule has 0 fully saturated rings. The van der Waals surface area contributed by atoms with Gasteiger partial charge in [-0.1, -0.05) is 0 Å². The average Bonchev–Trinajstić information content (AvgIpc) is 2.38. The van der Waals surface area contributed by atoms with E-state index in [9.17, 15) is 9.18 Å². The first kappa shape index (κ1) is 11.2. The summed E-state index contributed by atoms with van der Waals surface area (Å²) in [5, 5.41) is 0. The molecule has 2 aromatic heterocycles. The van der Waals surface area contributed by atoms with Gasteiger partial charge in [-0.3, -0.25) is 14.8 Å². The molecule has 2 rings (SSSR count). The number of ketones is 1. The summed E-state index contributed by atoms with van der Waals surface area (Å²) >= 11 is 0. The van der Waals surface area contributed by atoms with Crippen LogP contribution in [-0.4, -0.2) is 22.9 Å². The number of methoxy groups -OCH3 is 1. The second-order valence-corrected chi connectivity index (χ2v) is 3.30. The minimum absolute atomic E-state index is 0.0324. The fraction of sp³-hybridized carbons (Fsp3) is 0.0833. The highest BCUT2D eigenvalue weighted by atomic mass is 19.1. The number of ether oxygens (including phenoxy) is 1. The lowest BCUT2D eigenvalue weighted by Crippen LogP contribution is -2.05. The van der Waals surface area contributed by atoms with Crippen molar-refractivity contribution in [3.05, 3.63) is 53.9 Å². The first-order valence-electron chi connectivity index (χ1n) is 4.85. The lowest BCUT2D eigenvalue weighted by Gasteiger charge is -2.03. The number of rotatable bonds is 3. The number of halogens is 1. The van der Waals surface area contributed by atoms with Crippen LogP contribution in [0.25, 0.3) is 0 Å². The van der Waals surface area contributed by atoms with Crippen molar-refractivity contribution in [1.29, 1.82) is 0 Å². The molecule has 2 aromatic rings. The summed E-state index contributed by atoms with van der Waals surface area (Å²) < 4.78 is 18.3. The van der Waals surface area contributed by atoms with E-state index in [2.05, 4.69) is 9.97 Å². The summed E-state index contributed by atoms with van der Waals surface area (Å²) in [5.41, 5.74) is 0.240. The topological polar surface area (TPSA) is 52.1 Å². The van der Waals surface area contributed by atoms with Crippen LogP contribution in [0.1, 0.15) is 15.9 Å². The van der Waals surface area contributed by atoms with Gasteiger partial charge in [-0.15, -0.1) is 0 Å². The Morgan fingerprint density at radius 2 is 2.12 bits per heavy atom. The van der Waals surface area contributed by atoms with Crippen LogP contribution >= 0.6 is 0 Å². The molecule has 0 amide bonds. The number of hydrogen-bond donors (Lipinski definition) is 0. The van der Waals surface area contributed by atoms with Crippen molar-refractivity contribution in [1.82, 2.24) is 9.97 Å². The molecule has 4 nitrogen and oxygen atoms in total. The quantitative estimate of drug-likeness (QED) is 0.758. The highest BCUT2D eigenvalue weighted by Gasteiger charge is 2.14. The first-order chi connectivity index (χ1) is 8.22. The standard InChI is InChI=1S/C12H9FN2O2/c1-17-9-4-8(5-15-6-9)12(16)10-2-3-14-7-11(10)13/h2-7H,1H3. The number of hydrogen-bond acceptors (Lipinski definition) is 4. The summed E-state index contributed by atoms with van der Waals surface area (Å²) in [6, 6.07) is 2.84. The van der Waals surface area contributed by atoms with Gasteiger partial charge in [-0.05, 0) is 12.1 Å². The van der Waals surface area contributed by atoms with Crippen LogP contribution in [0.5, 0.6) is 5.75 Å². The van der Waals surface area contributed by atoms with Crippen molar-refractivity contribution < 1.29 is 13.9 Å². The Morgan fingerprint density at radius 1 is 1.29 bits per heavy atom.